The van der Waals surface area contributed by atoms with Crippen LogP contribution in [0.25, 0.3) is 11.0 Å². The van der Waals surface area contributed by atoms with E-state index in [-0.39, 0.29) is 5.75 Å². The van der Waals surface area contributed by atoms with E-state index in [1.54, 1.807) is 0 Å². The molecule has 7 heteroatoms. The summed E-state index contributed by atoms with van der Waals surface area (Å²) >= 11 is 0. The Bertz CT molecular complexity index is 742. The molecule has 0 atom stereocenters. The van der Waals surface area contributed by atoms with E-state index in [1.807, 2.05) is 45.0 Å². The van der Waals surface area contributed by atoms with Crippen molar-refractivity contribution in [3.05, 3.63) is 30.0 Å². The van der Waals surface area contributed by atoms with Crippen molar-refractivity contribution in [2.45, 2.75) is 20.8 Å². The summed E-state index contributed by atoms with van der Waals surface area (Å²) in [6.45, 7) is 6.84. The van der Waals surface area contributed by atoms with E-state index in [9.17, 15) is 8.42 Å². The minimum absolute atomic E-state index is 0.0443. The van der Waals surface area contributed by atoms with Crippen LogP contribution in [-0.4, -0.2) is 48.1 Å². The molecule has 0 unspecified atom stereocenters. The number of fused-ring (bicyclic) bond motifs is 1. The number of anilines is 1. The van der Waals surface area contributed by atoms with Crippen molar-refractivity contribution < 1.29 is 8.42 Å². The highest BCUT2D eigenvalue weighted by Gasteiger charge is 2.18. The van der Waals surface area contributed by atoms with Crippen molar-refractivity contribution in [2.75, 3.05) is 30.7 Å². The predicted molar refractivity (Wildman–Crippen MR) is 89.5 cm³/mol. The Morgan fingerprint density at radius 2 is 1.68 bits per heavy atom. The molecule has 0 bridgehead atoms. The first kappa shape index (κ1) is 16.6. The number of para-hydroxylation sites is 2. The summed E-state index contributed by atoms with van der Waals surface area (Å²) in [7, 11) is -3.23. The van der Waals surface area contributed by atoms with Crippen LogP contribution in [0.3, 0.4) is 0 Å². The second-order valence-corrected chi connectivity index (χ2v) is 7.06. The normalized spacial score (nSPS) is 12.0. The monoisotopic (exact) mass is 322 g/mol. The predicted octanol–water partition coefficient (Wildman–Crippen LogP) is 2.02. The van der Waals surface area contributed by atoms with Gasteiger partial charge in [-0.25, -0.2) is 22.7 Å². The molecule has 2 aromatic rings. The summed E-state index contributed by atoms with van der Waals surface area (Å²) in [4.78, 5) is 8.97. The van der Waals surface area contributed by atoms with Crippen LogP contribution in [0.5, 0.6) is 0 Å². The Hall–Kier alpha value is -1.73. The minimum Gasteiger partial charge on any atom is -0.367 e. The number of aryl methyl sites for hydroxylation is 1. The van der Waals surface area contributed by atoms with Gasteiger partial charge in [-0.15, -0.1) is 0 Å². The van der Waals surface area contributed by atoms with Gasteiger partial charge in [-0.05, 0) is 19.1 Å². The van der Waals surface area contributed by atoms with E-state index in [4.69, 9.17) is 0 Å². The SMILES string of the molecule is CCN(CC)S(=O)(=O)CCNc1nc2ccccc2nc1C. The van der Waals surface area contributed by atoms with Gasteiger partial charge in [0.1, 0.15) is 5.82 Å². The number of hydrogen-bond acceptors (Lipinski definition) is 5. The third-order valence-corrected chi connectivity index (χ3v) is 5.52. The molecular formula is C15H22N4O2S. The lowest BCUT2D eigenvalue weighted by Crippen LogP contribution is -2.34. The first-order chi connectivity index (χ1) is 10.5. The van der Waals surface area contributed by atoms with Crippen molar-refractivity contribution in [1.29, 1.82) is 0 Å². The molecule has 2 rings (SSSR count). The first-order valence-corrected chi connectivity index (χ1v) is 9.04. The van der Waals surface area contributed by atoms with Gasteiger partial charge < -0.3 is 5.32 Å². The van der Waals surface area contributed by atoms with E-state index in [1.165, 1.54) is 4.31 Å². The molecule has 120 valence electrons. The van der Waals surface area contributed by atoms with Crippen LogP contribution in [0, 0.1) is 6.92 Å². The molecule has 0 fully saturated rings. The number of nitrogens with one attached hydrogen (secondary N) is 1. The Kier molecular flexibility index (Phi) is 5.31. The van der Waals surface area contributed by atoms with Gasteiger partial charge in [0, 0.05) is 19.6 Å². The molecule has 0 spiro atoms. The number of rotatable bonds is 7. The molecule has 0 saturated heterocycles. The number of hydrogen-bond donors (Lipinski definition) is 1. The molecule has 1 aromatic carbocycles. The minimum atomic E-state index is -3.23. The highest BCUT2D eigenvalue weighted by atomic mass is 32.2. The lowest BCUT2D eigenvalue weighted by Gasteiger charge is -2.18. The van der Waals surface area contributed by atoms with Gasteiger partial charge in [0.05, 0.1) is 22.5 Å². The van der Waals surface area contributed by atoms with Gasteiger partial charge in [0.25, 0.3) is 0 Å². The largest absolute Gasteiger partial charge is 0.367 e. The van der Waals surface area contributed by atoms with E-state index in [0.29, 0.717) is 25.5 Å². The highest BCUT2D eigenvalue weighted by Crippen LogP contribution is 2.15. The molecule has 0 radical (unpaired) electrons. The second kappa shape index (κ2) is 7.02. The third kappa shape index (κ3) is 3.72. The molecule has 0 saturated carbocycles. The molecule has 0 amide bonds. The molecule has 1 heterocycles. The van der Waals surface area contributed by atoms with Crippen LogP contribution in [0.2, 0.25) is 0 Å². The fourth-order valence-corrected chi connectivity index (χ4v) is 3.71. The fraction of sp³-hybridized carbons (Fsp3) is 0.467. The van der Waals surface area contributed by atoms with Crippen molar-refractivity contribution in [3.8, 4) is 0 Å². The Labute approximate surface area is 131 Å². The maximum atomic E-state index is 12.1. The van der Waals surface area contributed by atoms with Gasteiger partial charge in [0.15, 0.2) is 0 Å². The standard InChI is InChI=1S/C15H22N4O2S/c1-4-19(5-2)22(20,21)11-10-16-15-12(3)17-13-8-6-7-9-14(13)18-15/h6-9H,4-5,10-11H2,1-3H3,(H,16,18). The maximum Gasteiger partial charge on any atom is 0.215 e. The van der Waals surface area contributed by atoms with Gasteiger partial charge >= 0.3 is 0 Å². The highest BCUT2D eigenvalue weighted by molar-refractivity contribution is 7.89. The van der Waals surface area contributed by atoms with Crippen LogP contribution in [0.1, 0.15) is 19.5 Å². The molecule has 1 aromatic heterocycles. The zero-order valence-corrected chi connectivity index (χ0v) is 14.0. The molecule has 6 nitrogen and oxygen atoms in total. The lowest BCUT2D eigenvalue weighted by molar-refractivity contribution is 0.446. The molecular weight excluding hydrogens is 300 g/mol. The Morgan fingerprint density at radius 1 is 1.09 bits per heavy atom. The smallest absolute Gasteiger partial charge is 0.215 e. The first-order valence-electron chi connectivity index (χ1n) is 7.43. The summed E-state index contributed by atoms with van der Waals surface area (Å²) in [5.74, 6) is 0.677. The quantitative estimate of drug-likeness (QED) is 0.844. The number of aromatic nitrogens is 2. The van der Waals surface area contributed by atoms with Crippen molar-refractivity contribution in [2.24, 2.45) is 0 Å². The van der Waals surface area contributed by atoms with Crippen molar-refractivity contribution >= 4 is 26.9 Å². The van der Waals surface area contributed by atoms with Gasteiger partial charge in [0.2, 0.25) is 10.0 Å². The van der Waals surface area contributed by atoms with Crippen molar-refractivity contribution in [1.82, 2.24) is 14.3 Å². The summed E-state index contributed by atoms with van der Waals surface area (Å²) in [6.07, 6.45) is 0. The summed E-state index contributed by atoms with van der Waals surface area (Å²) < 4.78 is 25.7. The molecule has 0 aliphatic rings. The summed E-state index contributed by atoms with van der Waals surface area (Å²) in [5.41, 5.74) is 2.39. The fourth-order valence-electron chi connectivity index (χ4n) is 2.30. The van der Waals surface area contributed by atoms with E-state index < -0.39 is 10.0 Å². The zero-order valence-electron chi connectivity index (χ0n) is 13.2. The number of sulfonamides is 1. The molecule has 1 N–H and O–H groups in total. The second-order valence-electron chi connectivity index (χ2n) is 4.97. The van der Waals surface area contributed by atoms with E-state index in [0.717, 1.165) is 16.7 Å². The number of nitrogens with zero attached hydrogens (tertiary/aromatic N) is 3. The average Bonchev–Trinajstić information content (AvgIpc) is 2.48. The Morgan fingerprint density at radius 3 is 2.27 bits per heavy atom. The third-order valence-electron chi connectivity index (χ3n) is 3.50. The average molecular weight is 322 g/mol. The molecule has 0 aliphatic carbocycles. The van der Waals surface area contributed by atoms with Crippen LogP contribution >= 0.6 is 0 Å². The molecule has 22 heavy (non-hydrogen) atoms. The van der Waals surface area contributed by atoms with Crippen LogP contribution in [0.15, 0.2) is 24.3 Å². The summed E-state index contributed by atoms with van der Waals surface area (Å²) in [5, 5.41) is 3.08. The van der Waals surface area contributed by atoms with Crippen LogP contribution in [0.4, 0.5) is 5.82 Å². The van der Waals surface area contributed by atoms with Crippen molar-refractivity contribution in [3.63, 3.8) is 0 Å². The van der Waals surface area contributed by atoms with Crippen LogP contribution < -0.4 is 5.32 Å². The van der Waals surface area contributed by atoms with Gasteiger partial charge in [-0.3, -0.25) is 0 Å². The molecule has 0 aliphatic heterocycles. The van der Waals surface area contributed by atoms with E-state index in [2.05, 4.69) is 15.3 Å². The maximum absolute atomic E-state index is 12.1. The van der Waals surface area contributed by atoms with Crippen LogP contribution in [-0.2, 0) is 10.0 Å². The van der Waals surface area contributed by atoms with Gasteiger partial charge in [-0.1, -0.05) is 26.0 Å². The van der Waals surface area contributed by atoms with Gasteiger partial charge in [-0.2, -0.15) is 0 Å². The Balaban J connectivity index is 2.07. The topological polar surface area (TPSA) is 75.2 Å². The number of benzene rings is 1. The lowest BCUT2D eigenvalue weighted by atomic mass is 10.3. The summed E-state index contributed by atoms with van der Waals surface area (Å²) in [6, 6.07) is 7.62. The zero-order chi connectivity index (χ0) is 16.2. The van der Waals surface area contributed by atoms with E-state index >= 15 is 0 Å².